The Morgan fingerprint density at radius 3 is 2.61 bits per heavy atom. The van der Waals surface area contributed by atoms with Crippen LogP contribution in [0.15, 0.2) is 54.6 Å². The molecule has 18 heavy (non-hydrogen) atoms. The first kappa shape index (κ1) is 11.2. The van der Waals surface area contributed by atoms with Gasteiger partial charge in [0.1, 0.15) is 0 Å². The number of benzene rings is 2. The predicted octanol–water partition coefficient (Wildman–Crippen LogP) is 5.38. The highest BCUT2D eigenvalue weighted by atomic mass is 32.1. The first-order valence-corrected chi connectivity index (χ1v) is 6.86. The van der Waals surface area contributed by atoms with Gasteiger partial charge in [0, 0.05) is 9.58 Å². The SMILES string of the molecule is Cc1cccc(C=Cc2cc3ccccc3s2)c1. The van der Waals surface area contributed by atoms with Crippen molar-refractivity contribution in [1.29, 1.82) is 0 Å². The monoisotopic (exact) mass is 250 g/mol. The quantitative estimate of drug-likeness (QED) is 0.572. The van der Waals surface area contributed by atoms with Crippen molar-refractivity contribution in [2.45, 2.75) is 6.92 Å². The third-order valence-corrected chi connectivity index (χ3v) is 4.01. The number of hydrogen-bond acceptors (Lipinski definition) is 1. The summed E-state index contributed by atoms with van der Waals surface area (Å²) in [5.41, 5.74) is 2.56. The predicted molar refractivity (Wildman–Crippen MR) is 81.9 cm³/mol. The Labute approximate surface area is 111 Å². The Morgan fingerprint density at radius 1 is 0.889 bits per heavy atom. The van der Waals surface area contributed by atoms with E-state index in [1.54, 1.807) is 0 Å². The maximum atomic E-state index is 2.24. The van der Waals surface area contributed by atoms with Crippen molar-refractivity contribution >= 4 is 33.6 Å². The molecular weight excluding hydrogens is 236 g/mol. The summed E-state index contributed by atoms with van der Waals surface area (Å²) in [6, 6.07) is 19.3. The number of hydrogen-bond donors (Lipinski definition) is 0. The summed E-state index contributed by atoms with van der Waals surface area (Å²) < 4.78 is 1.35. The lowest BCUT2D eigenvalue weighted by Gasteiger charge is -1.94. The van der Waals surface area contributed by atoms with Crippen LogP contribution in [0.3, 0.4) is 0 Å². The maximum absolute atomic E-state index is 2.24. The summed E-state index contributed by atoms with van der Waals surface area (Å²) in [7, 11) is 0. The molecule has 0 radical (unpaired) electrons. The third kappa shape index (κ3) is 2.36. The molecule has 2 aromatic carbocycles. The van der Waals surface area contributed by atoms with E-state index >= 15 is 0 Å². The highest BCUT2D eigenvalue weighted by Gasteiger charge is 1.97. The Bertz CT molecular complexity index is 671. The highest BCUT2D eigenvalue weighted by Crippen LogP contribution is 2.26. The van der Waals surface area contributed by atoms with Crippen molar-refractivity contribution in [1.82, 2.24) is 0 Å². The molecule has 0 saturated carbocycles. The summed E-state index contributed by atoms with van der Waals surface area (Å²) in [5.74, 6) is 0. The average Bonchev–Trinajstić information content (AvgIpc) is 2.79. The molecule has 3 aromatic rings. The lowest BCUT2D eigenvalue weighted by Crippen LogP contribution is -1.73. The molecule has 1 heteroatoms. The minimum Gasteiger partial charge on any atom is -0.136 e. The van der Waals surface area contributed by atoms with Gasteiger partial charge >= 0.3 is 0 Å². The molecule has 0 N–H and O–H groups in total. The molecule has 1 aromatic heterocycles. The molecule has 0 spiro atoms. The second-order valence-electron chi connectivity index (χ2n) is 4.43. The lowest BCUT2D eigenvalue weighted by atomic mass is 10.1. The Kier molecular flexibility index (Phi) is 2.99. The standard InChI is InChI=1S/C17H14S/c1-13-5-4-6-14(11-13)9-10-16-12-15-7-2-3-8-17(15)18-16/h2-12H,1H3. The summed E-state index contributed by atoms with van der Waals surface area (Å²) in [6.45, 7) is 2.12. The largest absolute Gasteiger partial charge is 0.136 e. The van der Waals surface area contributed by atoms with Crippen LogP contribution in [-0.4, -0.2) is 0 Å². The highest BCUT2D eigenvalue weighted by molar-refractivity contribution is 7.19. The number of aryl methyl sites for hydroxylation is 1. The normalized spacial score (nSPS) is 11.4. The number of thiophene rings is 1. The average molecular weight is 250 g/mol. The molecule has 3 rings (SSSR count). The molecule has 1 heterocycles. The summed E-state index contributed by atoms with van der Waals surface area (Å²) in [5, 5.41) is 1.33. The zero-order valence-corrected chi connectivity index (χ0v) is 11.1. The summed E-state index contributed by atoms with van der Waals surface area (Å²) in [4.78, 5) is 1.30. The van der Waals surface area contributed by atoms with Crippen molar-refractivity contribution < 1.29 is 0 Å². The van der Waals surface area contributed by atoms with Crippen LogP contribution in [0.5, 0.6) is 0 Å². The fraction of sp³-hybridized carbons (Fsp3) is 0.0588. The van der Waals surface area contributed by atoms with Crippen LogP contribution in [-0.2, 0) is 0 Å². The Morgan fingerprint density at radius 2 is 1.78 bits per heavy atom. The molecule has 0 unspecified atom stereocenters. The van der Waals surface area contributed by atoms with Crippen LogP contribution >= 0.6 is 11.3 Å². The molecule has 0 aliphatic heterocycles. The molecule has 0 amide bonds. The molecule has 0 aliphatic rings. The fourth-order valence-electron chi connectivity index (χ4n) is 2.04. The second-order valence-corrected chi connectivity index (χ2v) is 5.55. The van der Waals surface area contributed by atoms with Crippen LogP contribution in [0, 0.1) is 6.92 Å². The van der Waals surface area contributed by atoms with Crippen LogP contribution in [0.4, 0.5) is 0 Å². The van der Waals surface area contributed by atoms with E-state index in [0.717, 1.165) is 0 Å². The smallest absolute Gasteiger partial charge is 0.0349 e. The van der Waals surface area contributed by atoms with Gasteiger partial charge in [-0.25, -0.2) is 0 Å². The van der Waals surface area contributed by atoms with E-state index in [2.05, 4.69) is 73.7 Å². The van der Waals surface area contributed by atoms with Gasteiger partial charge in [0.2, 0.25) is 0 Å². The Balaban J connectivity index is 1.92. The van der Waals surface area contributed by atoms with Crippen molar-refractivity contribution in [2.24, 2.45) is 0 Å². The van der Waals surface area contributed by atoms with E-state index in [1.165, 1.54) is 26.1 Å². The van der Waals surface area contributed by atoms with Crippen LogP contribution < -0.4 is 0 Å². The molecule has 0 atom stereocenters. The third-order valence-electron chi connectivity index (χ3n) is 2.93. The van der Waals surface area contributed by atoms with Gasteiger partial charge in [-0.2, -0.15) is 0 Å². The van der Waals surface area contributed by atoms with Gasteiger partial charge < -0.3 is 0 Å². The van der Waals surface area contributed by atoms with Gasteiger partial charge in [0.05, 0.1) is 0 Å². The van der Waals surface area contributed by atoms with Gasteiger partial charge in [-0.1, -0.05) is 54.1 Å². The fourth-order valence-corrected chi connectivity index (χ4v) is 3.00. The molecule has 0 saturated heterocycles. The first-order valence-electron chi connectivity index (χ1n) is 6.04. The van der Waals surface area contributed by atoms with E-state index in [1.807, 2.05) is 11.3 Å². The molecule has 0 fully saturated rings. The molecule has 88 valence electrons. The van der Waals surface area contributed by atoms with Crippen LogP contribution in [0.25, 0.3) is 22.2 Å². The maximum Gasteiger partial charge on any atom is 0.0349 e. The number of rotatable bonds is 2. The van der Waals surface area contributed by atoms with Gasteiger partial charge in [0.25, 0.3) is 0 Å². The van der Waals surface area contributed by atoms with Crippen LogP contribution in [0.2, 0.25) is 0 Å². The topological polar surface area (TPSA) is 0 Å². The van der Waals surface area contributed by atoms with Crippen molar-refractivity contribution in [2.75, 3.05) is 0 Å². The van der Waals surface area contributed by atoms with Crippen LogP contribution in [0.1, 0.15) is 16.0 Å². The van der Waals surface area contributed by atoms with Gasteiger partial charge in [0.15, 0.2) is 0 Å². The lowest BCUT2D eigenvalue weighted by molar-refractivity contribution is 1.46. The Hall–Kier alpha value is -1.86. The second kappa shape index (κ2) is 4.79. The molecule has 0 aliphatic carbocycles. The first-order chi connectivity index (χ1) is 8.81. The van der Waals surface area contributed by atoms with Gasteiger partial charge in [-0.15, -0.1) is 11.3 Å². The summed E-state index contributed by atoms with van der Waals surface area (Å²) >= 11 is 1.83. The molecule has 0 bridgehead atoms. The molecular formula is C17H14S. The number of fused-ring (bicyclic) bond motifs is 1. The van der Waals surface area contributed by atoms with Crippen molar-refractivity contribution in [3.05, 3.63) is 70.6 Å². The summed E-state index contributed by atoms with van der Waals surface area (Å²) in [6.07, 6.45) is 4.37. The van der Waals surface area contributed by atoms with E-state index in [9.17, 15) is 0 Å². The van der Waals surface area contributed by atoms with Gasteiger partial charge in [-0.3, -0.25) is 0 Å². The molecule has 0 nitrogen and oxygen atoms in total. The zero-order chi connectivity index (χ0) is 12.4. The van der Waals surface area contributed by atoms with E-state index in [4.69, 9.17) is 0 Å². The van der Waals surface area contributed by atoms with E-state index in [-0.39, 0.29) is 0 Å². The minimum absolute atomic E-state index is 1.26. The van der Waals surface area contributed by atoms with E-state index < -0.39 is 0 Å². The van der Waals surface area contributed by atoms with Crippen molar-refractivity contribution in [3.8, 4) is 0 Å². The van der Waals surface area contributed by atoms with Crippen molar-refractivity contribution in [3.63, 3.8) is 0 Å². The minimum atomic E-state index is 1.26. The van der Waals surface area contributed by atoms with E-state index in [0.29, 0.717) is 0 Å². The van der Waals surface area contributed by atoms with Gasteiger partial charge in [-0.05, 0) is 36.1 Å². The zero-order valence-electron chi connectivity index (χ0n) is 10.3.